The van der Waals surface area contributed by atoms with Crippen molar-refractivity contribution in [2.24, 2.45) is 5.92 Å². The van der Waals surface area contributed by atoms with Crippen molar-refractivity contribution in [2.45, 2.75) is 51.7 Å². The van der Waals surface area contributed by atoms with Crippen LogP contribution in [0.5, 0.6) is 0 Å². The zero-order valence-corrected chi connectivity index (χ0v) is 8.53. The van der Waals surface area contributed by atoms with Crippen LogP contribution in [-0.2, 0) is 9.62 Å². The van der Waals surface area contributed by atoms with Crippen LogP contribution >= 0.6 is 0 Å². The minimum Gasteiger partial charge on any atom is -0.379 e. The van der Waals surface area contributed by atoms with Crippen LogP contribution in [0.4, 0.5) is 0 Å². The van der Waals surface area contributed by atoms with Crippen LogP contribution in [0.15, 0.2) is 0 Å². The monoisotopic (exact) mass is 188 g/mol. The number of hydrogen-bond donors (Lipinski definition) is 1. The van der Waals surface area contributed by atoms with Gasteiger partial charge in [-0.25, -0.2) is 4.89 Å². The van der Waals surface area contributed by atoms with Gasteiger partial charge in [0.25, 0.3) is 0 Å². The molecule has 3 heteroatoms. The predicted octanol–water partition coefficient (Wildman–Crippen LogP) is 2.46. The Labute approximate surface area is 80.0 Å². The Morgan fingerprint density at radius 2 is 1.92 bits per heavy atom. The molecule has 0 aromatic rings. The van der Waals surface area contributed by atoms with E-state index in [-0.39, 0.29) is 6.10 Å². The Hall–Kier alpha value is -0.120. The van der Waals surface area contributed by atoms with E-state index in [1.807, 2.05) is 13.8 Å². The zero-order valence-electron chi connectivity index (χ0n) is 8.53. The van der Waals surface area contributed by atoms with E-state index in [1.54, 1.807) is 0 Å². The third kappa shape index (κ3) is 3.25. The topological polar surface area (TPSA) is 38.7 Å². The first-order valence-electron chi connectivity index (χ1n) is 5.19. The summed E-state index contributed by atoms with van der Waals surface area (Å²) in [6.45, 7) is 4.76. The quantitative estimate of drug-likeness (QED) is 0.544. The van der Waals surface area contributed by atoms with Crippen LogP contribution in [0.25, 0.3) is 0 Å². The van der Waals surface area contributed by atoms with Crippen LogP contribution in [-0.4, -0.2) is 24.1 Å². The van der Waals surface area contributed by atoms with Crippen molar-refractivity contribution in [3.8, 4) is 0 Å². The van der Waals surface area contributed by atoms with Crippen molar-refractivity contribution in [1.82, 2.24) is 0 Å². The van der Waals surface area contributed by atoms with Gasteiger partial charge in [0.15, 0.2) is 0 Å². The van der Waals surface area contributed by atoms with Crippen molar-refractivity contribution in [2.75, 3.05) is 6.61 Å². The Morgan fingerprint density at radius 1 is 1.31 bits per heavy atom. The van der Waals surface area contributed by atoms with Crippen LogP contribution in [0.3, 0.4) is 0 Å². The highest BCUT2D eigenvalue weighted by molar-refractivity contribution is 4.76. The molecule has 1 atom stereocenters. The second-order valence-corrected chi connectivity index (χ2v) is 3.80. The number of rotatable bonds is 4. The lowest BCUT2D eigenvalue weighted by atomic mass is 9.84. The second kappa shape index (κ2) is 5.58. The lowest BCUT2D eigenvalue weighted by Gasteiger charge is -2.30. The highest BCUT2D eigenvalue weighted by Gasteiger charge is 2.25. The maximum absolute atomic E-state index is 8.53. The van der Waals surface area contributed by atoms with E-state index in [0.717, 1.165) is 32.3 Å². The molecule has 0 amide bonds. The molecule has 0 heterocycles. The minimum atomic E-state index is -0.0254. The van der Waals surface area contributed by atoms with Gasteiger partial charge in [0.2, 0.25) is 0 Å². The largest absolute Gasteiger partial charge is 0.379 e. The van der Waals surface area contributed by atoms with Crippen LogP contribution in [0.2, 0.25) is 0 Å². The summed E-state index contributed by atoms with van der Waals surface area (Å²) in [6.07, 6.45) is 4.83. The third-order valence-corrected chi connectivity index (χ3v) is 2.95. The molecule has 13 heavy (non-hydrogen) atoms. The molecule has 1 fully saturated rings. The van der Waals surface area contributed by atoms with Crippen molar-refractivity contribution >= 4 is 0 Å². The molecule has 0 spiro atoms. The van der Waals surface area contributed by atoms with Gasteiger partial charge in [0, 0.05) is 6.61 Å². The summed E-state index contributed by atoms with van der Waals surface area (Å²) in [5, 5.41) is 8.53. The van der Waals surface area contributed by atoms with Gasteiger partial charge >= 0.3 is 0 Å². The molecule has 1 rings (SSSR count). The van der Waals surface area contributed by atoms with E-state index >= 15 is 0 Å². The first kappa shape index (κ1) is 11.0. The summed E-state index contributed by atoms with van der Waals surface area (Å²) in [6, 6.07) is 0. The van der Waals surface area contributed by atoms with Gasteiger partial charge in [0.05, 0.1) is 12.2 Å². The Bertz CT molecular complexity index is 130. The molecule has 3 nitrogen and oxygen atoms in total. The predicted molar refractivity (Wildman–Crippen MR) is 50.5 cm³/mol. The van der Waals surface area contributed by atoms with E-state index in [2.05, 4.69) is 4.89 Å². The highest BCUT2D eigenvalue weighted by Crippen LogP contribution is 2.29. The summed E-state index contributed by atoms with van der Waals surface area (Å²) in [7, 11) is 0. The summed E-state index contributed by atoms with van der Waals surface area (Å²) < 4.78 is 5.54. The van der Waals surface area contributed by atoms with Crippen LogP contribution < -0.4 is 0 Å². The maximum Gasteiger partial charge on any atom is 0.0927 e. The second-order valence-electron chi connectivity index (χ2n) is 3.80. The molecule has 0 aliphatic heterocycles. The molecule has 1 aliphatic rings. The number of ether oxygens (including phenoxy) is 1. The van der Waals surface area contributed by atoms with E-state index in [9.17, 15) is 0 Å². The van der Waals surface area contributed by atoms with Gasteiger partial charge in [-0.05, 0) is 45.4 Å². The standard InChI is InChI=1S/C10H20O3/c1-3-12-10-6-4-9(5-7-10)8(2)13-11/h8-11H,3-7H2,1-2H3. The highest BCUT2D eigenvalue weighted by atomic mass is 17.1. The molecule has 1 unspecified atom stereocenters. The van der Waals surface area contributed by atoms with E-state index < -0.39 is 0 Å². The SMILES string of the molecule is CCOC1CCC(C(C)OO)CC1. The Balaban J connectivity index is 2.22. The molecule has 0 aromatic heterocycles. The summed E-state index contributed by atoms with van der Waals surface area (Å²) in [5.74, 6) is 0.502. The van der Waals surface area contributed by atoms with Gasteiger partial charge in [-0.1, -0.05) is 0 Å². The number of hydrogen-bond acceptors (Lipinski definition) is 3. The molecule has 78 valence electrons. The van der Waals surface area contributed by atoms with Crippen LogP contribution in [0, 0.1) is 5.92 Å². The van der Waals surface area contributed by atoms with Crippen molar-refractivity contribution < 1.29 is 14.9 Å². The minimum absolute atomic E-state index is 0.0254. The average Bonchev–Trinajstić information content (AvgIpc) is 2.18. The fraction of sp³-hybridized carbons (Fsp3) is 1.00. The molecule has 1 N–H and O–H groups in total. The molecule has 0 radical (unpaired) electrons. The van der Waals surface area contributed by atoms with Gasteiger partial charge in [0.1, 0.15) is 0 Å². The zero-order chi connectivity index (χ0) is 9.68. The van der Waals surface area contributed by atoms with Crippen molar-refractivity contribution in [3.63, 3.8) is 0 Å². The van der Waals surface area contributed by atoms with Gasteiger partial charge < -0.3 is 4.74 Å². The average molecular weight is 188 g/mol. The molecule has 0 saturated heterocycles. The molecular weight excluding hydrogens is 168 g/mol. The summed E-state index contributed by atoms with van der Waals surface area (Å²) in [4.78, 5) is 4.34. The third-order valence-electron chi connectivity index (χ3n) is 2.95. The molecule has 1 aliphatic carbocycles. The fourth-order valence-electron chi connectivity index (χ4n) is 2.05. The van der Waals surface area contributed by atoms with Crippen LogP contribution in [0.1, 0.15) is 39.5 Å². The molecule has 0 aromatic carbocycles. The first-order chi connectivity index (χ1) is 6.27. The molecule has 0 bridgehead atoms. The van der Waals surface area contributed by atoms with Crippen molar-refractivity contribution in [3.05, 3.63) is 0 Å². The maximum atomic E-state index is 8.53. The first-order valence-corrected chi connectivity index (χ1v) is 5.19. The Kier molecular flexibility index (Phi) is 4.70. The fourth-order valence-corrected chi connectivity index (χ4v) is 2.05. The van der Waals surface area contributed by atoms with E-state index in [4.69, 9.17) is 9.99 Å². The lowest BCUT2D eigenvalue weighted by Crippen LogP contribution is -2.28. The lowest BCUT2D eigenvalue weighted by molar-refractivity contribution is -0.287. The Morgan fingerprint density at radius 3 is 2.38 bits per heavy atom. The molecular formula is C10H20O3. The van der Waals surface area contributed by atoms with E-state index in [1.165, 1.54) is 0 Å². The normalized spacial score (nSPS) is 31.6. The van der Waals surface area contributed by atoms with E-state index in [0.29, 0.717) is 12.0 Å². The van der Waals surface area contributed by atoms with Crippen molar-refractivity contribution in [1.29, 1.82) is 0 Å². The molecule has 1 saturated carbocycles. The smallest absolute Gasteiger partial charge is 0.0927 e. The summed E-state index contributed by atoms with van der Waals surface area (Å²) >= 11 is 0. The van der Waals surface area contributed by atoms with Gasteiger partial charge in [-0.2, -0.15) is 0 Å². The summed E-state index contributed by atoms with van der Waals surface area (Å²) in [5.41, 5.74) is 0. The van der Waals surface area contributed by atoms with Gasteiger partial charge in [-0.3, -0.25) is 5.26 Å². The van der Waals surface area contributed by atoms with Gasteiger partial charge in [-0.15, -0.1) is 0 Å².